The predicted molar refractivity (Wildman–Crippen MR) is 102 cm³/mol. The highest BCUT2D eigenvalue weighted by atomic mass is 33.1. The molecular weight excluding hydrogens is 358 g/mol. The van der Waals surface area contributed by atoms with Crippen molar-refractivity contribution in [3.8, 4) is 0 Å². The van der Waals surface area contributed by atoms with Gasteiger partial charge < -0.3 is 15.2 Å². The van der Waals surface area contributed by atoms with Gasteiger partial charge in [0.15, 0.2) is 6.10 Å². The van der Waals surface area contributed by atoms with Gasteiger partial charge in [-0.15, -0.1) is 0 Å². The summed E-state index contributed by atoms with van der Waals surface area (Å²) in [7, 11) is 3.94. The van der Waals surface area contributed by atoms with E-state index in [-0.39, 0.29) is 12.5 Å². The van der Waals surface area contributed by atoms with Crippen molar-refractivity contribution in [3.05, 3.63) is 29.3 Å². The molecule has 0 bridgehead atoms. The SMILES string of the molecule is O=C(CCCCC1CCSS1)Nc1ccc2c(c1)COC(C(=O)O)C2. The van der Waals surface area contributed by atoms with E-state index in [9.17, 15) is 9.59 Å². The summed E-state index contributed by atoms with van der Waals surface area (Å²) in [6, 6.07) is 5.61. The van der Waals surface area contributed by atoms with Crippen LogP contribution in [0.15, 0.2) is 18.2 Å². The molecule has 136 valence electrons. The third-order valence-corrected chi connectivity index (χ3v) is 7.52. The molecule has 2 aliphatic rings. The molecule has 0 aliphatic carbocycles. The number of rotatable bonds is 7. The third-order valence-electron chi connectivity index (χ3n) is 4.52. The van der Waals surface area contributed by atoms with Crippen molar-refractivity contribution in [2.75, 3.05) is 11.1 Å². The van der Waals surface area contributed by atoms with Crippen molar-refractivity contribution in [1.82, 2.24) is 0 Å². The first-order chi connectivity index (χ1) is 12.1. The number of carboxylic acids is 1. The predicted octanol–water partition coefficient (Wildman–Crippen LogP) is 3.87. The Kier molecular flexibility index (Phi) is 6.67. The van der Waals surface area contributed by atoms with E-state index in [1.807, 2.05) is 39.8 Å². The number of anilines is 1. The van der Waals surface area contributed by atoms with Crippen LogP contribution in [-0.4, -0.2) is 34.1 Å². The van der Waals surface area contributed by atoms with E-state index in [0.29, 0.717) is 12.8 Å². The number of carbonyl (C=O) groups excluding carboxylic acids is 1. The molecular formula is C18H23NO4S2. The van der Waals surface area contributed by atoms with Gasteiger partial charge in [0, 0.05) is 29.5 Å². The number of nitrogens with one attached hydrogen (secondary N) is 1. The number of aliphatic carboxylic acids is 1. The summed E-state index contributed by atoms with van der Waals surface area (Å²) < 4.78 is 5.34. The van der Waals surface area contributed by atoms with E-state index in [1.54, 1.807) is 0 Å². The zero-order valence-corrected chi connectivity index (χ0v) is 15.7. The number of carboxylic acid groups (broad SMARTS) is 1. The van der Waals surface area contributed by atoms with E-state index in [4.69, 9.17) is 9.84 Å². The smallest absolute Gasteiger partial charge is 0.333 e. The van der Waals surface area contributed by atoms with Crippen LogP contribution in [0, 0.1) is 0 Å². The average Bonchev–Trinajstić information content (AvgIpc) is 3.11. The van der Waals surface area contributed by atoms with Crippen molar-refractivity contribution in [2.45, 2.75) is 56.5 Å². The number of benzene rings is 1. The molecule has 1 fully saturated rings. The molecule has 1 saturated heterocycles. The second kappa shape index (κ2) is 8.96. The molecule has 2 atom stereocenters. The Labute approximate surface area is 155 Å². The van der Waals surface area contributed by atoms with E-state index in [2.05, 4.69) is 5.32 Å². The van der Waals surface area contributed by atoms with Gasteiger partial charge in [-0.25, -0.2) is 4.79 Å². The summed E-state index contributed by atoms with van der Waals surface area (Å²) in [5.74, 6) is 0.358. The summed E-state index contributed by atoms with van der Waals surface area (Å²) in [6.07, 6.45) is 4.65. The molecule has 3 rings (SSSR count). The van der Waals surface area contributed by atoms with Crippen LogP contribution < -0.4 is 5.32 Å². The Hall–Kier alpha value is -1.18. The molecule has 2 unspecified atom stereocenters. The molecule has 1 aromatic rings. The number of unbranched alkanes of at least 4 members (excludes halogenated alkanes) is 1. The van der Waals surface area contributed by atoms with Crippen molar-refractivity contribution >= 4 is 39.2 Å². The summed E-state index contributed by atoms with van der Waals surface area (Å²) in [6.45, 7) is 0.271. The first-order valence-electron chi connectivity index (χ1n) is 8.66. The minimum atomic E-state index is -0.933. The molecule has 1 aromatic carbocycles. The molecule has 0 radical (unpaired) electrons. The Morgan fingerprint density at radius 3 is 2.92 bits per heavy atom. The number of fused-ring (bicyclic) bond motifs is 1. The molecule has 2 aliphatic heterocycles. The maximum Gasteiger partial charge on any atom is 0.333 e. The zero-order valence-electron chi connectivity index (χ0n) is 14.0. The van der Waals surface area contributed by atoms with Crippen LogP contribution in [0.2, 0.25) is 0 Å². The highest BCUT2D eigenvalue weighted by molar-refractivity contribution is 8.77. The fourth-order valence-electron chi connectivity index (χ4n) is 3.09. The molecule has 25 heavy (non-hydrogen) atoms. The first kappa shape index (κ1) is 18.6. The Morgan fingerprint density at radius 2 is 2.16 bits per heavy atom. The lowest BCUT2D eigenvalue weighted by molar-refractivity contribution is -0.152. The lowest BCUT2D eigenvalue weighted by Crippen LogP contribution is -2.30. The summed E-state index contributed by atoms with van der Waals surface area (Å²) >= 11 is 0. The largest absolute Gasteiger partial charge is 0.479 e. The standard InChI is InChI=1S/C18H23NO4S2/c20-17(4-2-1-3-15-7-8-24-25-15)19-14-6-5-12-10-16(18(21)22)23-11-13(12)9-14/h5-6,9,15-16H,1-4,7-8,10-11H2,(H,19,20)(H,21,22). The van der Waals surface area contributed by atoms with Crippen molar-refractivity contribution in [1.29, 1.82) is 0 Å². The Balaban J connectivity index is 1.43. The number of hydrogen-bond donors (Lipinski definition) is 2. The minimum absolute atomic E-state index is 0.0357. The lowest BCUT2D eigenvalue weighted by atomic mass is 9.98. The molecule has 0 spiro atoms. The van der Waals surface area contributed by atoms with Gasteiger partial charge in [-0.2, -0.15) is 0 Å². The molecule has 2 N–H and O–H groups in total. The molecule has 2 heterocycles. The van der Waals surface area contributed by atoms with Gasteiger partial charge in [0.1, 0.15) is 0 Å². The molecule has 0 saturated carbocycles. The zero-order chi connectivity index (χ0) is 17.6. The van der Waals surface area contributed by atoms with Crippen molar-refractivity contribution < 1.29 is 19.4 Å². The minimum Gasteiger partial charge on any atom is -0.479 e. The van der Waals surface area contributed by atoms with E-state index < -0.39 is 12.1 Å². The average molecular weight is 382 g/mol. The van der Waals surface area contributed by atoms with Crippen LogP contribution in [0.3, 0.4) is 0 Å². The van der Waals surface area contributed by atoms with Crippen LogP contribution in [-0.2, 0) is 27.4 Å². The van der Waals surface area contributed by atoms with E-state index in [0.717, 1.165) is 34.9 Å². The van der Waals surface area contributed by atoms with Crippen molar-refractivity contribution in [2.24, 2.45) is 0 Å². The fourth-order valence-corrected chi connectivity index (χ4v) is 6.12. The highest BCUT2D eigenvalue weighted by Crippen LogP contribution is 2.39. The first-order valence-corrected chi connectivity index (χ1v) is 11.0. The number of carbonyl (C=O) groups is 2. The van der Waals surface area contributed by atoms with E-state index in [1.165, 1.54) is 18.6 Å². The second-order valence-electron chi connectivity index (χ2n) is 6.45. The molecule has 5 nitrogen and oxygen atoms in total. The normalized spacial score (nSPS) is 22.4. The summed E-state index contributed by atoms with van der Waals surface area (Å²) in [5.41, 5.74) is 2.68. The number of amides is 1. The van der Waals surface area contributed by atoms with Gasteiger partial charge >= 0.3 is 5.97 Å². The van der Waals surface area contributed by atoms with Crippen LogP contribution in [0.25, 0.3) is 0 Å². The van der Waals surface area contributed by atoms with Crippen LogP contribution in [0.1, 0.15) is 43.2 Å². The van der Waals surface area contributed by atoms with Crippen LogP contribution in [0.4, 0.5) is 5.69 Å². The second-order valence-corrected chi connectivity index (χ2v) is 9.24. The summed E-state index contributed by atoms with van der Waals surface area (Å²) in [4.78, 5) is 23.1. The van der Waals surface area contributed by atoms with Gasteiger partial charge in [0.05, 0.1) is 6.61 Å². The Bertz CT molecular complexity index is 632. The van der Waals surface area contributed by atoms with Gasteiger partial charge in [0.25, 0.3) is 0 Å². The van der Waals surface area contributed by atoms with Crippen molar-refractivity contribution in [3.63, 3.8) is 0 Å². The summed E-state index contributed by atoms with van der Waals surface area (Å²) in [5, 5.41) is 12.7. The number of ether oxygens (including phenoxy) is 1. The fraction of sp³-hybridized carbons (Fsp3) is 0.556. The monoisotopic (exact) mass is 381 g/mol. The number of hydrogen-bond acceptors (Lipinski definition) is 5. The lowest BCUT2D eigenvalue weighted by Gasteiger charge is -2.22. The highest BCUT2D eigenvalue weighted by Gasteiger charge is 2.25. The third kappa shape index (κ3) is 5.39. The quantitative estimate of drug-likeness (QED) is 0.552. The van der Waals surface area contributed by atoms with Gasteiger partial charge in [-0.05, 0) is 42.5 Å². The molecule has 0 aromatic heterocycles. The van der Waals surface area contributed by atoms with Gasteiger partial charge in [-0.1, -0.05) is 34.1 Å². The maximum atomic E-state index is 12.1. The topological polar surface area (TPSA) is 75.6 Å². The van der Waals surface area contributed by atoms with E-state index >= 15 is 0 Å². The van der Waals surface area contributed by atoms with Crippen LogP contribution in [0.5, 0.6) is 0 Å². The van der Waals surface area contributed by atoms with Gasteiger partial charge in [0.2, 0.25) is 5.91 Å². The molecule has 7 heteroatoms. The Morgan fingerprint density at radius 1 is 1.28 bits per heavy atom. The molecule has 1 amide bonds. The maximum absolute atomic E-state index is 12.1. The van der Waals surface area contributed by atoms with Crippen LogP contribution >= 0.6 is 21.6 Å². The van der Waals surface area contributed by atoms with Gasteiger partial charge in [-0.3, -0.25) is 4.79 Å².